The number of hydrogen-bond acceptors (Lipinski definition) is 5. The fraction of sp³-hybridized carbons (Fsp3) is 0.417. The Morgan fingerprint density at radius 2 is 2.06 bits per heavy atom. The van der Waals surface area contributed by atoms with Gasteiger partial charge in [0.05, 0.1) is 5.69 Å². The van der Waals surface area contributed by atoms with Crippen molar-refractivity contribution < 1.29 is 0 Å². The highest BCUT2D eigenvalue weighted by Gasteiger charge is 2.13. The highest BCUT2D eigenvalue weighted by molar-refractivity contribution is 5.40. The van der Waals surface area contributed by atoms with Crippen LogP contribution in [0.15, 0.2) is 30.3 Å². The SMILES string of the molecule is CCN(CCCN)c1nnnn1-c1ccccc1. The smallest absolute Gasteiger partial charge is 0.250 e. The molecule has 0 bridgehead atoms. The lowest BCUT2D eigenvalue weighted by Crippen LogP contribution is -2.28. The summed E-state index contributed by atoms with van der Waals surface area (Å²) in [5.74, 6) is 0.761. The third kappa shape index (κ3) is 2.65. The molecule has 1 aromatic heterocycles. The number of nitrogens with zero attached hydrogens (tertiary/aromatic N) is 5. The summed E-state index contributed by atoms with van der Waals surface area (Å²) in [7, 11) is 0. The molecule has 0 atom stereocenters. The van der Waals surface area contributed by atoms with Crippen molar-refractivity contribution in [1.29, 1.82) is 0 Å². The van der Waals surface area contributed by atoms with Gasteiger partial charge in [0.15, 0.2) is 0 Å². The Kier molecular flexibility index (Phi) is 4.25. The van der Waals surface area contributed by atoms with Crippen molar-refractivity contribution in [3.63, 3.8) is 0 Å². The molecule has 0 saturated heterocycles. The van der Waals surface area contributed by atoms with E-state index in [0.29, 0.717) is 6.54 Å². The van der Waals surface area contributed by atoms with E-state index in [-0.39, 0.29) is 0 Å². The van der Waals surface area contributed by atoms with Gasteiger partial charge in [-0.05, 0) is 42.4 Å². The molecule has 0 aliphatic rings. The molecule has 2 aromatic rings. The molecule has 0 spiro atoms. The second-order valence-electron chi connectivity index (χ2n) is 3.95. The molecule has 18 heavy (non-hydrogen) atoms. The van der Waals surface area contributed by atoms with Gasteiger partial charge in [0.25, 0.3) is 0 Å². The first-order chi connectivity index (χ1) is 8.86. The van der Waals surface area contributed by atoms with Gasteiger partial charge >= 0.3 is 0 Å². The summed E-state index contributed by atoms with van der Waals surface area (Å²) in [6.07, 6.45) is 0.926. The van der Waals surface area contributed by atoms with Crippen LogP contribution in [-0.2, 0) is 0 Å². The average molecular weight is 246 g/mol. The van der Waals surface area contributed by atoms with Gasteiger partial charge in [0.1, 0.15) is 0 Å². The lowest BCUT2D eigenvalue weighted by atomic mass is 10.3. The van der Waals surface area contributed by atoms with Crippen LogP contribution < -0.4 is 10.6 Å². The molecule has 0 amide bonds. The van der Waals surface area contributed by atoms with Crippen molar-refractivity contribution in [1.82, 2.24) is 20.2 Å². The van der Waals surface area contributed by atoms with Crippen molar-refractivity contribution in [3.8, 4) is 5.69 Å². The van der Waals surface area contributed by atoms with Crippen LogP contribution in [0.1, 0.15) is 13.3 Å². The van der Waals surface area contributed by atoms with Gasteiger partial charge in [-0.2, -0.15) is 4.68 Å². The fourth-order valence-electron chi connectivity index (χ4n) is 1.80. The zero-order valence-electron chi connectivity index (χ0n) is 10.5. The number of hydrogen-bond donors (Lipinski definition) is 1. The number of para-hydroxylation sites is 1. The van der Waals surface area contributed by atoms with E-state index in [1.807, 2.05) is 30.3 Å². The molecule has 0 unspecified atom stereocenters. The molecule has 0 saturated carbocycles. The van der Waals surface area contributed by atoms with Gasteiger partial charge in [-0.3, -0.25) is 0 Å². The number of nitrogens with two attached hydrogens (primary N) is 1. The van der Waals surface area contributed by atoms with E-state index in [1.165, 1.54) is 0 Å². The Labute approximate surface area is 106 Å². The normalized spacial score (nSPS) is 10.6. The first kappa shape index (κ1) is 12.5. The summed E-state index contributed by atoms with van der Waals surface area (Å²) in [4.78, 5) is 2.12. The van der Waals surface area contributed by atoms with E-state index in [2.05, 4.69) is 27.3 Å². The van der Waals surface area contributed by atoms with E-state index in [0.717, 1.165) is 31.1 Å². The Bertz CT molecular complexity index is 466. The van der Waals surface area contributed by atoms with Crippen molar-refractivity contribution in [2.24, 2.45) is 5.73 Å². The number of aromatic nitrogens is 4. The highest BCUT2D eigenvalue weighted by atomic mass is 15.6. The molecule has 6 heteroatoms. The summed E-state index contributed by atoms with van der Waals surface area (Å²) >= 11 is 0. The monoisotopic (exact) mass is 246 g/mol. The van der Waals surface area contributed by atoms with Gasteiger partial charge in [-0.25, -0.2) is 0 Å². The van der Waals surface area contributed by atoms with E-state index in [9.17, 15) is 0 Å². The summed E-state index contributed by atoms with van der Waals surface area (Å²) in [5.41, 5.74) is 6.51. The molecule has 1 aromatic carbocycles. The van der Waals surface area contributed by atoms with Crippen LogP contribution >= 0.6 is 0 Å². The van der Waals surface area contributed by atoms with Gasteiger partial charge in [0, 0.05) is 13.1 Å². The predicted octanol–water partition coefficient (Wildman–Crippen LogP) is 0.837. The Balaban J connectivity index is 2.26. The minimum absolute atomic E-state index is 0.670. The fourth-order valence-corrected chi connectivity index (χ4v) is 1.80. The maximum atomic E-state index is 5.55. The van der Waals surface area contributed by atoms with Crippen LogP contribution in [0.3, 0.4) is 0 Å². The highest BCUT2D eigenvalue weighted by Crippen LogP contribution is 2.14. The Morgan fingerprint density at radius 3 is 2.72 bits per heavy atom. The van der Waals surface area contributed by atoms with Gasteiger partial charge in [-0.1, -0.05) is 23.3 Å². The number of benzene rings is 1. The van der Waals surface area contributed by atoms with Crippen LogP contribution in [0.4, 0.5) is 5.95 Å². The molecule has 2 N–H and O–H groups in total. The number of tetrazole rings is 1. The minimum atomic E-state index is 0.670. The molecular formula is C12H18N6. The van der Waals surface area contributed by atoms with Crippen LogP contribution in [0.25, 0.3) is 5.69 Å². The summed E-state index contributed by atoms with van der Waals surface area (Å²) in [5, 5.41) is 11.9. The van der Waals surface area contributed by atoms with Crippen molar-refractivity contribution in [2.75, 3.05) is 24.5 Å². The molecule has 6 nitrogen and oxygen atoms in total. The van der Waals surface area contributed by atoms with Crippen LogP contribution in [0.5, 0.6) is 0 Å². The van der Waals surface area contributed by atoms with Crippen molar-refractivity contribution >= 4 is 5.95 Å². The van der Waals surface area contributed by atoms with E-state index in [1.54, 1.807) is 4.68 Å². The third-order valence-corrected chi connectivity index (χ3v) is 2.75. The van der Waals surface area contributed by atoms with Crippen molar-refractivity contribution in [3.05, 3.63) is 30.3 Å². The molecule has 0 fully saturated rings. The second kappa shape index (κ2) is 6.11. The second-order valence-corrected chi connectivity index (χ2v) is 3.95. The average Bonchev–Trinajstić information content (AvgIpc) is 2.90. The molecular weight excluding hydrogens is 228 g/mol. The first-order valence-corrected chi connectivity index (χ1v) is 6.15. The molecule has 2 rings (SSSR count). The van der Waals surface area contributed by atoms with Crippen LogP contribution in [-0.4, -0.2) is 39.8 Å². The molecule has 0 radical (unpaired) electrons. The zero-order chi connectivity index (χ0) is 12.8. The molecule has 96 valence electrons. The predicted molar refractivity (Wildman–Crippen MR) is 70.7 cm³/mol. The van der Waals surface area contributed by atoms with Gasteiger partial charge < -0.3 is 10.6 Å². The molecule has 1 heterocycles. The minimum Gasteiger partial charge on any atom is -0.340 e. The topological polar surface area (TPSA) is 72.9 Å². The van der Waals surface area contributed by atoms with E-state index in [4.69, 9.17) is 5.73 Å². The maximum Gasteiger partial charge on any atom is 0.250 e. The van der Waals surface area contributed by atoms with Crippen LogP contribution in [0.2, 0.25) is 0 Å². The molecule has 0 aliphatic carbocycles. The number of anilines is 1. The quantitative estimate of drug-likeness (QED) is 0.817. The number of rotatable bonds is 6. The Morgan fingerprint density at radius 1 is 1.28 bits per heavy atom. The lowest BCUT2D eigenvalue weighted by molar-refractivity contribution is 0.712. The van der Waals surface area contributed by atoms with Gasteiger partial charge in [0.2, 0.25) is 5.95 Å². The summed E-state index contributed by atoms with van der Waals surface area (Å²) in [6, 6.07) is 9.88. The third-order valence-electron chi connectivity index (χ3n) is 2.75. The van der Waals surface area contributed by atoms with Gasteiger partial charge in [-0.15, -0.1) is 0 Å². The largest absolute Gasteiger partial charge is 0.340 e. The lowest BCUT2D eigenvalue weighted by Gasteiger charge is -2.20. The zero-order valence-corrected chi connectivity index (χ0v) is 10.5. The Hall–Kier alpha value is -1.95. The first-order valence-electron chi connectivity index (χ1n) is 6.15. The molecule has 0 aliphatic heterocycles. The van der Waals surface area contributed by atoms with Crippen LogP contribution in [0, 0.1) is 0 Å². The summed E-state index contributed by atoms with van der Waals surface area (Å²) in [6.45, 7) is 4.47. The van der Waals surface area contributed by atoms with E-state index < -0.39 is 0 Å². The summed E-state index contributed by atoms with van der Waals surface area (Å²) < 4.78 is 1.75. The van der Waals surface area contributed by atoms with Crippen molar-refractivity contribution in [2.45, 2.75) is 13.3 Å². The van der Waals surface area contributed by atoms with E-state index >= 15 is 0 Å². The maximum absolute atomic E-state index is 5.55. The standard InChI is InChI=1S/C12H18N6/c1-2-17(10-6-9-13)12-14-15-16-18(12)11-7-4-3-5-8-11/h3-5,7-8H,2,6,9-10,13H2,1H3.